The van der Waals surface area contributed by atoms with Crippen LogP contribution in [0.25, 0.3) is 0 Å². The lowest BCUT2D eigenvalue weighted by molar-refractivity contribution is -0.142. The van der Waals surface area contributed by atoms with E-state index >= 15 is 0 Å². The molecule has 1 heterocycles. The van der Waals surface area contributed by atoms with Gasteiger partial charge in [-0.2, -0.15) is 0 Å². The summed E-state index contributed by atoms with van der Waals surface area (Å²) in [6.45, 7) is 2.95. The highest BCUT2D eigenvalue weighted by molar-refractivity contribution is 5.89. The first-order chi connectivity index (χ1) is 9.02. The highest BCUT2D eigenvalue weighted by atomic mass is 16.4. The molecule has 1 saturated heterocycles. The molecule has 0 aromatic carbocycles. The number of carbonyl (C=O) groups is 3. The van der Waals surface area contributed by atoms with Gasteiger partial charge < -0.3 is 15.3 Å². The summed E-state index contributed by atoms with van der Waals surface area (Å²) < 4.78 is 0. The minimum atomic E-state index is -0.847. The van der Waals surface area contributed by atoms with E-state index in [1.807, 2.05) is 6.92 Å². The van der Waals surface area contributed by atoms with Crippen molar-refractivity contribution in [3.63, 3.8) is 0 Å². The minimum Gasteiger partial charge on any atom is -0.481 e. The third-order valence-corrected chi connectivity index (χ3v) is 4.13. The molecular weight excluding hydrogens is 248 g/mol. The van der Waals surface area contributed by atoms with E-state index in [1.165, 1.54) is 0 Å². The van der Waals surface area contributed by atoms with Crippen molar-refractivity contribution in [3.05, 3.63) is 0 Å². The number of hydrogen-bond donors (Lipinski definition) is 2. The minimum absolute atomic E-state index is 0.00357. The molecule has 0 aromatic rings. The van der Waals surface area contributed by atoms with E-state index in [1.54, 1.807) is 4.90 Å². The van der Waals surface area contributed by atoms with Crippen LogP contribution in [-0.2, 0) is 14.4 Å². The van der Waals surface area contributed by atoms with Crippen LogP contribution in [0, 0.1) is 11.8 Å². The summed E-state index contributed by atoms with van der Waals surface area (Å²) in [5.41, 5.74) is 0. The number of aliphatic carboxylic acids is 1. The summed E-state index contributed by atoms with van der Waals surface area (Å²) >= 11 is 0. The molecule has 1 aliphatic carbocycles. The predicted octanol–water partition coefficient (Wildman–Crippen LogP) is 0.224. The molecule has 2 fully saturated rings. The average Bonchev–Trinajstić information content (AvgIpc) is 2.95. The first kappa shape index (κ1) is 13.8. The van der Waals surface area contributed by atoms with Crippen LogP contribution >= 0.6 is 0 Å². The Morgan fingerprint density at radius 1 is 1.42 bits per heavy atom. The van der Waals surface area contributed by atoms with Gasteiger partial charge in [0.05, 0.1) is 11.8 Å². The van der Waals surface area contributed by atoms with E-state index in [0.29, 0.717) is 25.9 Å². The Bertz CT molecular complexity index is 396. The lowest BCUT2D eigenvalue weighted by Gasteiger charge is -2.20. The number of likely N-dealkylation sites (tertiary alicyclic amines) is 1. The van der Waals surface area contributed by atoms with Crippen molar-refractivity contribution in [1.82, 2.24) is 10.2 Å². The normalized spacial score (nSPS) is 30.7. The van der Waals surface area contributed by atoms with Crippen LogP contribution in [0.15, 0.2) is 0 Å². The molecule has 1 saturated carbocycles. The maximum absolute atomic E-state index is 12.1. The molecule has 2 N–H and O–H groups in total. The summed E-state index contributed by atoms with van der Waals surface area (Å²) in [6, 6.07) is -0.282. The molecular formula is C13H20N2O4. The predicted molar refractivity (Wildman–Crippen MR) is 67.3 cm³/mol. The molecule has 0 spiro atoms. The standard InChI is InChI=1S/C13H20N2O4/c1-2-15-7-8(6-11(15)16)12(17)14-10-5-3-4-9(10)13(18)19/h8-10H,2-7H2,1H3,(H,14,17)(H,18,19)/t8?,9-,10+/m0/s1. The molecule has 2 aliphatic rings. The van der Waals surface area contributed by atoms with Crippen LogP contribution in [0.4, 0.5) is 0 Å². The molecule has 0 aromatic heterocycles. The highest BCUT2D eigenvalue weighted by Gasteiger charge is 2.38. The Kier molecular flexibility index (Phi) is 4.07. The van der Waals surface area contributed by atoms with Crippen LogP contribution in [-0.4, -0.2) is 46.9 Å². The Labute approximate surface area is 112 Å². The fourth-order valence-electron chi connectivity index (χ4n) is 2.98. The third kappa shape index (κ3) is 2.88. The largest absolute Gasteiger partial charge is 0.481 e. The lowest BCUT2D eigenvalue weighted by Crippen LogP contribution is -2.43. The molecule has 0 bridgehead atoms. The Morgan fingerprint density at radius 2 is 2.16 bits per heavy atom. The molecule has 1 unspecified atom stereocenters. The van der Waals surface area contributed by atoms with Gasteiger partial charge in [0.1, 0.15) is 0 Å². The van der Waals surface area contributed by atoms with Crippen molar-refractivity contribution in [1.29, 1.82) is 0 Å². The van der Waals surface area contributed by atoms with Crippen LogP contribution in [0.2, 0.25) is 0 Å². The number of carboxylic acids is 1. The number of hydrogen-bond acceptors (Lipinski definition) is 3. The fourth-order valence-corrected chi connectivity index (χ4v) is 2.98. The van der Waals surface area contributed by atoms with Gasteiger partial charge in [0.25, 0.3) is 0 Å². The van der Waals surface area contributed by atoms with E-state index in [0.717, 1.165) is 6.42 Å². The maximum atomic E-state index is 12.1. The number of amides is 2. The maximum Gasteiger partial charge on any atom is 0.308 e. The fraction of sp³-hybridized carbons (Fsp3) is 0.769. The molecule has 2 rings (SSSR count). The lowest BCUT2D eigenvalue weighted by atomic mass is 10.0. The molecule has 1 aliphatic heterocycles. The van der Waals surface area contributed by atoms with Crippen LogP contribution in [0.3, 0.4) is 0 Å². The second kappa shape index (κ2) is 5.59. The monoisotopic (exact) mass is 268 g/mol. The smallest absolute Gasteiger partial charge is 0.308 e. The molecule has 0 radical (unpaired) electrons. The summed E-state index contributed by atoms with van der Waals surface area (Å²) in [4.78, 5) is 36.4. The highest BCUT2D eigenvalue weighted by Crippen LogP contribution is 2.27. The van der Waals surface area contributed by atoms with Crippen molar-refractivity contribution in [2.75, 3.05) is 13.1 Å². The number of nitrogens with zero attached hydrogens (tertiary/aromatic N) is 1. The van der Waals surface area contributed by atoms with Gasteiger partial charge in [-0.25, -0.2) is 0 Å². The van der Waals surface area contributed by atoms with Crippen molar-refractivity contribution >= 4 is 17.8 Å². The van der Waals surface area contributed by atoms with E-state index in [-0.39, 0.29) is 30.2 Å². The van der Waals surface area contributed by atoms with Crippen LogP contribution < -0.4 is 5.32 Å². The molecule has 106 valence electrons. The molecule has 6 heteroatoms. The van der Waals surface area contributed by atoms with Gasteiger partial charge in [-0.15, -0.1) is 0 Å². The second-order valence-corrected chi connectivity index (χ2v) is 5.32. The van der Waals surface area contributed by atoms with Gasteiger partial charge in [-0.05, 0) is 19.8 Å². The van der Waals surface area contributed by atoms with E-state index in [2.05, 4.69) is 5.32 Å². The van der Waals surface area contributed by atoms with E-state index in [9.17, 15) is 14.4 Å². The molecule has 6 nitrogen and oxygen atoms in total. The topological polar surface area (TPSA) is 86.7 Å². The average molecular weight is 268 g/mol. The summed E-state index contributed by atoms with van der Waals surface area (Å²) in [5.74, 6) is -1.84. The number of carboxylic acid groups (broad SMARTS) is 1. The molecule has 3 atom stereocenters. The van der Waals surface area contributed by atoms with Crippen LogP contribution in [0.1, 0.15) is 32.6 Å². The summed E-state index contributed by atoms with van der Waals surface area (Å²) in [5, 5.41) is 11.9. The van der Waals surface area contributed by atoms with Crippen molar-refractivity contribution in [2.24, 2.45) is 11.8 Å². The van der Waals surface area contributed by atoms with E-state index < -0.39 is 11.9 Å². The van der Waals surface area contributed by atoms with Gasteiger partial charge in [0, 0.05) is 25.6 Å². The van der Waals surface area contributed by atoms with Gasteiger partial charge in [-0.1, -0.05) is 6.42 Å². The number of rotatable bonds is 4. The van der Waals surface area contributed by atoms with Gasteiger partial charge in [-0.3, -0.25) is 14.4 Å². The Balaban J connectivity index is 1.91. The Morgan fingerprint density at radius 3 is 2.74 bits per heavy atom. The summed E-state index contributed by atoms with van der Waals surface area (Å²) in [6.07, 6.45) is 2.39. The van der Waals surface area contributed by atoms with Gasteiger partial charge in [0.15, 0.2) is 0 Å². The first-order valence-corrected chi connectivity index (χ1v) is 6.84. The first-order valence-electron chi connectivity index (χ1n) is 6.84. The van der Waals surface area contributed by atoms with Crippen molar-refractivity contribution < 1.29 is 19.5 Å². The zero-order valence-electron chi connectivity index (χ0n) is 11.1. The second-order valence-electron chi connectivity index (χ2n) is 5.32. The van der Waals surface area contributed by atoms with Crippen molar-refractivity contribution in [2.45, 2.75) is 38.6 Å². The zero-order valence-corrected chi connectivity index (χ0v) is 11.1. The number of carbonyl (C=O) groups excluding carboxylic acids is 2. The van der Waals surface area contributed by atoms with Crippen LogP contribution in [0.5, 0.6) is 0 Å². The Hall–Kier alpha value is -1.59. The van der Waals surface area contributed by atoms with E-state index in [4.69, 9.17) is 5.11 Å². The SMILES string of the molecule is CCN1CC(C(=O)N[C@@H]2CCC[C@@H]2C(=O)O)CC1=O. The third-order valence-electron chi connectivity index (χ3n) is 4.13. The van der Waals surface area contributed by atoms with Gasteiger partial charge in [0.2, 0.25) is 11.8 Å². The summed E-state index contributed by atoms with van der Waals surface area (Å²) in [7, 11) is 0. The van der Waals surface area contributed by atoms with Crippen molar-refractivity contribution in [3.8, 4) is 0 Å². The van der Waals surface area contributed by atoms with Gasteiger partial charge >= 0.3 is 5.97 Å². The number of nitrogens with one attached hydrogen (secondary N) is 1. The molecule has 2 amide bonds. The molecule has 19 heavy (non-hydrogen) atoms. The zero-order chi connectivity index (χ0) is 14.0. The quantitative estimate of drug-likeness (QED) is 0.764.